The van der Waals surface area contributed by atoms with Crippen molar-refractivity contribution >= 4 is 60.4 Å². The normalized spacial score (nSPS) is 17.4. The van der Waals surface area contributed by atoms with Crippen LogP contribution in [0.1, 0.15) is 95.9 Å². The van der Waals surface area contributed by atoms with Crippen molar-refractivity contribution in [3.8, 4) is 0 Å². The molecule has 4 aliphatic rings. The molecule has 0 N–H and O–H groups in total. The highest BCUT2D eigenvalue weighted by atomic mass is 31.2. The average Bonchev–Trinajstić information content (AvgIpc) is 3.39. The largest absolute Gasteiger partial charge is 0.400 e. The Morgan fingerprint density at radius 2 is 0.596 bits per heavy atom. The lowest BCUT2D eigenvalue weighted by molar-refractivity contribution is 0.504. The van der Waals surface area contributed by atoms with Crippen LogP contribution in [0, 0.1) is 0 Å². The SMILES string of the molecule is c1cc2op(Op3oc4ccc5c(c4c4c6c(ccc4o3)CCCC6)CCCC5)oc3ccc4c(c3c2c2c1CCCC2)CCCC4. The quantitative estimate of drug-likeness (QED) is 0.185. The lowest BCUT2D eigenvalue weighted by atomic mass is 9.84. The lowest BCUT2D eigenvalue weighted by Gasteiger charge is -2.20. The molecule has 0 fully saturated rings. The van der Waals surface area contributed by atoms with Gasteiger partial charge in [-0.05, 0) is 172 Å². The number of rotatable bonds is 2. The van der Waals surface area contributed by atoms with Crippen molar-refractivity contribution in [3.63, 3.8) is 0 Å². The van der Waals surface area contributed by atoms with E-state index in [2.05, 4.69) is 48.5 Å². The highest BCUT2D eigenvalue weighted by Gasteiger charge is 2.24. The molecule has 0 unspecified atom stereocenters. The van der Waals surface area contributed by atoms with Gasteiger partial charge in [0.25, 0.3) is 0 Å². The number of fused-ring (bicyclic) bond motifs is 14. The van der Waals surface area contributed by atoms with Gasteiger partial charge in [0.05, 0.1) is 0 Å². The summed E-state index contributed by atoms with van der Waals surface area (Å²) in [6.07, 6.45) is 18.6. The Kier molecular flexibility index (Phi) is 7.10. The van der Waals surface area contributed by atoms with E-state index in [1.54, 1.807) is 0 Å². The molecule has 0 aliphatic heterocycles. The molecular weight excluding hydrogens is 622 g/mol. The molecular formula is C40H40O5P2. The van der Waals surface area contributed by atoms with E-state index in [1.165, 1.54) is 117 Å². The minimum atomic E-state index is -1.85. The van der Waals surface area contributed by atoms with Crippen molar-refractivity contribution in [1.82, 2.24) is 0 Å². The molecule has 10 rings (SSSR count). The number of hydrogen-bond donors (Lipinski definition) is 0. The van der Waals surface area contributed by atoms with Crippen LogP contribution in [0.15, 0.2) is 65.3 Å². The topological polar surface area (TPSA) is 61.8 Å². The summed E-state index contributed by atoms with van der Waals surface area (Å²) in [4.78, 5) is 0. The molecule has 47 heavy (non-hydrogen) atoms. The first-order chi connectivity index (χ1) is 23.3. The molecule has 0 bridgehead atoms. The van der Waals surface area contributed by atoms with Crippen LogP contribution in [0.3, 0.4) is 0 Å². The Hall–Kier alpha value is -3.36. The summed E-state index contributed by atoms with van der Waals surface area (Å²) in [5, 5.41) is 4.92. The Bertz CT molecular complexity index is 1990. The van der Waals surface area contributed by atoms with Crippen LogP contribution >= 0.6 is 16.5 Å². The second-order valence-electron chi connectivity index (χ2n) is 14.0. The summed E-state index contributed by atoms with van der Waals surface area (Å²) in [5.41, 5.74) is 15.0. The van der Waals surface area contributed by atoms with Gasteiger partial charge in [0, 0.05) is 21.5 Å². The minimum Gasteiger partial charge on any atom is -0.398 e. The van der Waals surface area contributed by atoms with Crippen LogP contribution < -0.4 is 4.31 Å². The van der Waals surface area contributed by atoms with Gasteiger partial charge < -0.3 is 16.8 Å². The molecule has 0 amide bonds. The lowest BCUT2D eigenvalue weighted by Crippen LogP contribution is -2.05. The molecule has 0 radical (unpaired) electrons. The third kappa shape index (κ3) is 4.84. The Morgan fingerprint density at radius 1 is 0.340 bits per heavy atom. The third-order valence-corrected chi connectivity index (χ3v) is 13.8. The molecule has 5 nitrogen and oxygen atoms in total. The predicted molar refractivity (Wildman–Crippen MR) is 191 cm³/mol. The highest BCUT2D eigenvalue weighted by molar-refractivity contribution is 7.46. The van der Waals surface area contributed by atoms with E-state index >= 15 is 0 Å². The van der Waals surface area contributed by atoms with Gasteiger partial charge in [-0.3, -0.25) is 0 Å². The molecule has 6 aromatic rings. The maximum absolute atomic E-state index is 6.77. The van der Waals surface area contributed by atoms with Crippen LogP contribution in [-0.2, 0) is 51.4 Å². The molecule has 0 saturated heterocycles. The molecule has 7 heteroatoms. The van der Waals surface area contributed by atoms with E-state index in [0.29, 0.717) is 0 Å². The van der Waals surface area contributed by atoms with Gasteiger partial charge in [-0.15, -0.1) is 0 Å². The molecule has 4 aliphatic carbocycles. The van der Waals surface area contributed by atoms with E-state index in [9.17, 15) is 0 Å². The summed E-state index contributed by atoms with van der Waals surface area (Å²) in [6.45, 7) is 0. The van der Waals surface area contributed by atoms with Crippen molar-refractivity contribution < 1.29 is 21.1 Å². The van der Waals surface area contributed by atoms with Crippen molar-refractivity contribution in [2.75, 3.05) is 0 Å². The molecule has 4 aromatic carbocycles. The van der Waals surface area contributed by atoms with Crippen molar-refractivity contribution in [3.05, 3.63) is 93.0 Å². The van der Waals surface area contributed by atoms with Gasteiger partial charge in [0.15, 0.2) is 0 Å². The first-order valence-corrected chi connectivity index (χ1v) is 20.1. The maximum atomic E-state index is 6.77. The van der Waals surface area contributed by atoms with E-state index < -0.39 is 16.5 Å². The second-order valence-corrected chi connectivity index (χ2v) is 16.3. The van der Waals surface area contributed by atoms with Crippen LogP contribution in [-0.4, -0.2) is 0 Å². The van der Waals surface area contributed by atoms with Crippen LogP contribution in [0.25, 0.3) is 43.9 Å². The second kappa shape index (κ2) is 11.7. The van der Waals surface area contributed by atoms with E-state index in [0.717, 1.165) is 73.7 Å². The molecule has 240 valence electrons. The Morgan fingerprint density at radius 3 is 0.872 bits per heavy atom. The Balaban J connectivity index is 1.23. The summed E-state index contributed by atoms with van der Waals surface area (Å²) >= 11 is 0. The maximum Gasteiger partial charge on any atom is 0.400 e. The molecule has 2 heterocycles. The smallest absolute Gasteiger partial charge is 0.398 e. The van der Waals surface area contributed by atoms with Gasteiger partial charge in [0.2, 0.25) is 0 Å². The first kappa shape index (κ1) is 28.6. The van der Waals surface area contributed by atoms with Gasteiger partial charge in [-0.25, -0.2) is 0 Å². The van der Waals surface area contributed by atoms with E-state index in [-0.39, 0.29) is 0 Å². The van der Waals surface area contributed by atoms with Gasteiger partial charge >= 0.3 is 16.5 Å². The molecule has 0 saturated carbocycles. The number of aryl methyl sites for hydroxylation is 8. The van der Waals surface area contributed by atoms with Crippen LogP contribution in [0.5, 0.6) is 0 Å². The standard InChI is InChI=1S/C40H40O5P2/c1-5-13-29-25(9-1)17-21-33-37(29)38-30-14-6-2-10-26(30)18-22-34(38)42-46(41-33)45-47-43-35-23-19-27-11-3-7-15-31(27)39(35)40-32-16-8-4-12-28(32)20-24-36(40)44-47/h17-24H,1-16H2. The molecule has 0 atom stereocenters. The summed E-state index contributed by atoms with van der Waals surface area (Å²) in [5.74, 6) is 0. The van der Waals surface area contributed by atoms with Gasteiger partial charge in [-0.1, -0.05) is 24.3 Å². The monoisotopic (exact) mass is 662 g/mol. The van der Waals surface area contributed by atoms with Crippen LogP contribution in [0.2, 0.25) is 0 Å². The average molecular weight is 663 g/mol. The zero-order valence-electron chi connectivity index (χ0n) is 26.9. The van der Waals surface area contributed by atoms with Crippen molar-refractivity contribution in [2.24, 2.45) is 0 Å². The van der Waals surface area contributed by atoms with Gasteiger partial charge in [-0.2, -0.15) is 4.31 Å². The fourth-order valence-corrected chi connectivity index (χ4v) is 11.4. The Labute approximate surface area is 276 Å². The highest BCUT2D eigenvalue weighted by Crippen LogP contribution is 2.47. The first-order valence-electron chi connectivity index (χ1n) is 17.9. The molecule has 0 spiro atoms. The van der Waals surface area contributed by atoms with Gasteiger partial charge in [0.1, 0.15) is 22.3 Å². The fraction of sp³-hybridized carbons (Fsp3) is 0.400. The van der Waals surface area contributed by atoms with E-state index in [1.807, 2.05) is 0 Å². The molecule has 2 aromatic heterocycles. The zero-order chi connectivity index (χ0) is 30.9. The van der Waals surface area contributed by atoms with E-state index in [4.69, 9.17) is 21.1 Å². The predicted octanol–water partition coefficient (Wildman–Crippen LogP) is 12.3. The minimum absolute atomic E-state index is 0.864. The number of hydrogen-bond acceptors (Lipinski definition) is 5. The number of benzene rings is 4. The summed E-state index contributed by atoms with van der Waals surface area (Å²) in [6, 6.07) is 17.7. The zero-order valence-corrected chi connectivity index (χ0v) is 28.7. The summed E-state index contributed by atoms with van der Waals surface area (Å²) < 4.78 is 33.8. The van der Waals surface area contributed by atoms with Crippen LogP contribution in [0.4, 0.5) is 0 Å². The summed E-state index contributed by atoms with van der Waals surface area (Å²) in [7, 11) is -3.70. The third-order valence-electron chi connectivity index (χ3n) is 11.3. The fourth-order valence-electron chi connectivity index (χ4n) is 9.11. The van der Waals surface area contributed by atoms with Crippen molar-refractivity contribution in [2.45, 2.75) is 103 Å². The van der Waals surface area contributed by atoms with Crippen molar-refractivity contribution in [1.29, 1.82) is 0 Å².